The Labute approximate surface area is 152 Å². The lowest BCUT2D eigenvalue weighted by atomic mass is 10.2. The summed E-state index contributed by atoms with van der Waals surface area (Å²) in [5, 5.41) is 3.81. The lowest BCUT2D eigenvalue weighted by Crippen LogP contribution is -2.46. The van der Waals surface area contributed by atoms with Crippen LogP contribution in [0.25, 0.3) is 0 Å². The Balaban J connectivity index is 2.77. The lowest BCUT2D eigenvalue weighted by molar-refractivity contribution is -0.146. The molecular formula is C18H26F2N2O4. The van der Waals surface area contributed by atoms with E-state index in [1.807, 2.05) is 27.7 Å². The first-order valence-corrected chi connectivity index (χ1v) is 8.31. The van der Waals surface area contributed by atoms with Crippen LogP contribution in [0.4, 0.5) is 8.78 Å². The molecule has 1 atom stereocenters. The summed E-state index contributed by atoms with van der Waals surface area (Å²) in [4.78, 5) is 19.4. The first-order valence-electron chi connectivity index (χ1n) is 8.31. The fourth-order valence-electron chi connectivity index (χ4n) is 2.50. The molecule has 1 aromatic carbocycles. The molecule has 1 unspecified atom stereocenters. The summed E-state index contributed by atoms with van der Waals surface area (Å²) in [6.07, 6.45) is 0.618. The Morgan fingerprint density at radius 1 is 1.12 bits per heavy atom. The molecule has 0 aliphatic rings. The molecule has 0 aromatic heterocycles. The number of ether oxygens (including phenoxy) is 2. The van der Waals surface area contributed by atoms with Crippen molar-refractivity contribution in [2.45, 2.75) is 59.4 Å². The van der Waals surface area contributed by atoms with Crippen LogP contribution < -0.4 is 9.47 Å². The fourth-order valence-corrected chi connectivity index (χ4v) is 2.50. The molecule has 0 saturated heterocycles. The van der Waals surface area contributed by atoms with E-state index in [9.17, 15) is 13.6 Å². The van der Waals surface area contributed by atoms with Crippen molar-refractivity contribution in [2.75, 3.05) is 7.11 Å². The van der Waals surface area contributed by atoms with Crippen LogP contribution in [0.15, 0.2) is 23.4 Å². The van der Waals surface area contributed by atoms with E-state index in [4.69, 9.17) is 9.57 Å². The van der Waals surface area contributed by atoms with Crippen molar-refractivity contribution < 1.29 is 27.9 Å². The van der Waals surface area contributed by atoms with E-state index < -0.39 is 12.7 Å². The predicted octanol–water partition coefficient (Wildman–Crippen LogP) is 3.68. The number of oxime groups is 1. The van der Waals surface area contributed by atoms with Gasteiger partial charge in [0.25, 0.3) is 5.91 Å². The van der Waals surface area contributed by atoms with Gasteiger partial charge in [-0.3, -0.25) is 4.79 Å². The molecular weight excluding hydrogens is 346 g/mol. The third-order valence-corrected chi connectivity index (χ3v) is 3.54. The maximum atomic E-state index is 12.4. The van der Waals surface area contributed by atoms with E-state index >= 15 is 0 Å². The van der Waals surface area contributed by atoms with Crippen molar-refractivity contribution in [1.82, 2.24) is 4.90 Å². The number of halogens is 2. The van der Waals surface area contributed by atoms with E-state index in [1.54, 1.807) is 11.8 Å². The second kappa shape index (κ2) is 9.94. The zero-order chi connectivity index (χ0) is 19.9. The summed E-state index contributed by atoms with van der Waals surface area (Å²) in [6.45, 7) is 6.42. The molecule has 0 spiro atoms. The van der Waals surface area contributed by atoms with Gasteiger partial charge in [0.05, 0.1) is 13.3 Å². The molecule has 0 heterocycles. The number of nitrogens with zero attached hydrogens (tertiary/aromatic N) is 2. The van der Waals surface area contributed by atoms with Crippen LogP contribution in [0, 0.1) is 0 Å². The Morgan fingerprint density at radius 3 is 2.23 bits per heavy atom. The Morgan fingerprint density at radius 2 is 1.73 bits per heavy atom. The number of hydrogen-bond donors (Lipinski definition) is 0. The normalized spacial score (nSPS) is 12.7. The van der Waals surface area contributed by atoms with E-state index in [2.05, 4.69) is 9.89 Å². The third kappa shape index (κ3) is 6.16. The van der Waals surface area contributed by atoms with Crippen molar-refractivity contribution in [3.8, 4) is 11.5 Å². The number of alkyl halides is 2. The molecule has 1 amide bonds. The maximum Gasteiger partial charge on any atom is 0.387 e. The topological polar surface area (TPSA) is 60.4 Å². The number of amides is 1. The van der Waals surface area contributed by atoms with Gasteiger partial charge in [0.2, 0.25) is 6.10 Å². The van der Waals surface area contributed by atoms with Gasteiger partial charge in [0, 0.05) is 17.6 Å². The summed E-state index contributed by atoms with van der Waals surface area (Å²) in [7, 11) is 1.35. The average Bonchev–Trinajstić information content (AvgIpc) is 2.54. The smallest absolute Gasteiger partial charge is 0.387 e. The quantitative estimate of drug-likeness (QED) is 0.490. The van der Waals surface area contributed by atoms with Crippen LogP contribution in [-0.2, 0) is 9.63 Å². The van der Waals surface area contributed by atoms with Gasteiger partial charge in [0.1, 0.15) is 0 Å². The van der Waals surface area contributed by atoms with Gasteiger partial charge in [-0.25, -0.2) is 0 Å². The first kappa shape index (κ1) is 21.7. The van der Waals surface area contributed by atoms with Crippen LogP contribution in [-0.4, -0.2) is 48.9 Å². The molecule has 0 N–H and O–H groups in total. The average molecular weight is 372 g/mol. The minimum atomic E-state index is -2.94. The van der Waals surface area contributed by atoms with Crippen molar-refractivity contribution in [3.63, 3.8) is 0 Å². The number of rotatable bonds is 9. The van der Waals surface area contributed by atoms with Crippen molar-refractivity contribution >= 4 is 12.1 Å². The van der Waals surface area contributed by atoms with Crippen LogP contribution in [0.3, 0.4) is 0 Å². The molecule has 0 aliphatic heterocycles. The van der Waals surface area contributed by atoms with Crippen LogP contribution in [0.2, 0.25) is 0 Å². The summed E-state index contributed by atoms with van der Waals surface area (Å²) in [5.41, 5.74) is 0.549. The summed E-state index contributed by atoms with van der Waals surface area (Å²) in [6, 6.07) is 4.44. The minimum Gasteiger partial charge on any atom is -0.493 e. The molecule has 1 rings (SSSR count). The standard InChI is InChI=1S/C18H26F2N2O4/c1-11(2)22(12(3)4)17(23)13(5)26-21-10-14-7-8-15(25-18(19)20)16(9-14)24-6/h7-13,18H,1-6H3. The molecule has 0 fully saturated rings. The largest absolute Gasteiger partial charge is 0.493 e. The molecule has 0 radical (unpaired) electrons. The second-order valence-electron chi connectivity index (χ2n) is 6.20. The molecule has 0 aliphatic carbocycles. The lowest BCUT2D eigenvalue weighted by Gasteiger charge is -2.32. The highest BCUT2D eigenvalue weighted by atomic mass is 19.3. The number of hydrogen-bond acceptors (Lipinski definition) is 5. The predicted molar refractivity (Wildman–Crippen MR) is 94.9 cm³/mol. The maximum absolute atomic E-state index is 12.4. The third-order valence-electron chi connectivity index (χ3n) is 3.54. The first-order chi connectivity index (χ1) is 12.2. The number of methoxy groups -OCH3 is 1. The monoisotopic (exact) mass is 372 g/mol. The molecule has 8 heteroatoms. The van der Waals surface area contributed by atoms with Crippen LogP contribution in [0.5, 0.6) is 11.5 Å². The van der Waals surface area contributed by atoms with Gasteiger partial charge in [0.15, 0.2) is 11.5 Å². The zero-order valence-corrected chi connectivity index (χ0v) is 15.9. The Bertz CT molecular complexity index is 613. The van der Waals surface area contributed by atoms with Crippen molar-refractivity contribution in [2.24, 2.45) is 5.16 Å². The molecule has 1 aromatic rings. The molecule has 26 heavy (non-hydrogen) atoms. The molecule has 0 bridgehead atoms. The minimum absolute atomic E-state index is 0.0455. The molecule has 146 valence electrons. The number of carbonyl (C=O) groups is 1. The van der Waals surface area contributed by atoms with E-state index in [0.29, 0.717) is 5.56 Å². The van der Waals surface area contributed by atoms with Gasteiger partial charge in [-0.15, -0.1) is 0 Å². The molecule has 0 saturated carbocycles. The fraction of sp³-hybridized carbons (Fsp3) is 0.556. The van der Waals surface area contributed by atoms with E-state index in [0.717, 1.165) is 0 Å². The summed E-state index contributed by atoms with van der Waals surface area (Å²) in [5.74, 6) is -0.0943. The van der Waals surface area contributed by atoms with Crippen LogP contribution >= 0.6 is 0 Å². The van der Waals surface area contributed by atoms with Gasteiger partial charge in [-0.2, -0.15) is 8.78 Å². The Hall–Kier alpha value is -2.38. The van der Waals surface area contributed by atoms with Crippen LogP contribution in [0.1, 0.15) is 40.2 Å². The molecule has 6 nitrogen and oxygen atoms in total. The van der Waals surface area contributed by atoms with Crippen molar-refractivity contribution in [3.05, 3.63) is 23.8 Å². The van der Waals surface area contributed by atoms with Gasteiger partial charge in [-0.05, 0) is 52.8 Å². The highest BCUT2D eigenvalue weighted by Crippen LogP contribution is 2.28. The summed E-state index contributed by atoms with van der Waals surface area (Å²) < 4.78 is 34.0. The Kier molecular flexibility index (Phi) is 8.28. The van der Waals surface area contributed by atoms with Gasteiger partial charge >= 0.3 is 6.61 Å². The van der Waals surface area contributed by atoms with Crippen molar-refractivity contribution in [1.29, 1.82) is 0 Å². The summed E-state index contributed by atoms with van der Waals surface area (Å²) >= 11 is 0. The van der Waals surface area contributed by atoms with Gasteiger partial charge < -0.3 is 19.2 Å². The van der Waals surface area contributed by atoms with Gasteiger partial charge in [-0.1, -0.05) is 5.16 Å². The SMILES string of the molecule is COc1cc(C=NOC(C)C(=O)N(C(C)C)C(C)C)ccc1OC(F)F. The highest BCUT2D eigenvalue weighted by molar-refractivity contribution is 5.82. The van der Waals surface area contributed by atoms with E-state index in [1.165, 1.54) is 31.5 Å². The van der Waals surface area contributed by atoms with E-state index in [-0.39, 0.29) is 29.5 Å². The zero-order valence-electron chi connectivity index (χ0n) is 15.9. The second-order valence-corrected chi connectivity index (χ2v) is 6.20. The number of benzene rings is 1. The number of carbonyl (C=O) groups excluding carboxylic acids is 1. The highest BCUT2D eigenvalue weighted by Gasteiger charge is 2.26.